The number of carboxylic acids is 1. The second-order valence-corrected chi connectivity index (χ2v) is 6.56. The fraction of sp³-hybridized carbons (Fsp3) is 0.235. The van der Waals surface area contributed by atoms with Crippen LogP contribution in [0, 0.1) is 13.8 Å². The number of rotatable bonds is 3. The highest BCUT2D eigenvalue weighted by Gasteiger charge is 2.15. The Bertz CT molecular complexity index is 966. The summed E-state index contributed by atoms with van der Waals surface area (Å²) in [6, 6.07) is 5.42. The molecule has 5 nitrogen and oxygen atoms in total. The molecule has 0 aliphatic rings. The van der Waals surface area contributed by atoms with Crippen molar-refractivity contribution in [2.45, 2.75) is 27.3 Å². The number of aryl methyl sites for hydroxylation is 3. The number of aromatic carboxylic acids is 1. The fourth-order valence-corrected chi connectivity index (χ4v) is 3.44. The van der Waals surface area contributed by atoms with E-state index in [1.807, 2.05) is 32.9 Å². The Morgan fingerprint density at radius 1 is 1.35 bits per heavy atom. The predicted octanol–water partition coefficient (Wildman–Crippen LogP) is 3.46. The highest BCUT2D eigenvalue weighted by molar-refractivity contribution is 7.15. The van der Waals surface area contributed by atoms with Crippen molar-refractivity contribution in [1.82, 2.24) is 9.55 Å². The Morgan fingerprint density at radius 2 is 2.09 bits per heavy atom. The lowest BCUT2D eigenvalue weighted by Gasteiger charge is -2.11. The summed E-state index contributed by atoms with van der Waals surface area (Å²) in [6.07, 6.45) is 1.41. The summed E-state index contributed by atoms with van der Waals surface area (Å²) in [7, 11) is 0. The van der Waals surface area contributed by atoms with Crippen molar-refractivity contribution < 1.29 is 9.90 Å². The zero-order valence-electron chi connectivity index (χ0n) is 13.1. The number of pyridine rings is 1. The van der Waals surface area contributed by atoms with Gasteiger partial charge in [0.05, 0.1) is 11.2 Å². The second-order valence-electron chi connectivity index (χ2n) is 5.36. The summed E-state index contributed by atoms with van der Waals surface area (Å²) in [5.41, 5.74) is 2.01. The van der Waals surface area contributed by atoms with E-state index in [2.05, 4.69) is 4.98 Å². The number of benzene rings is 1. The highest BCUT2D eigenvalue weighted by atomic mass is 32.1. The number of carbonyl (C=O) groups is 1. The van der Waals surface area contributed by atoms with E-state index in [-0.39, 0.29) is 5.56 Å². The Balaban J connectivity index is 2.29. The molecule has 2 aromatic heterocycles. The van der Waals surface area contributed by atoms with E-state index in [9.17, 15) is 14.7 Å². The van der Waals surface area contributed by atoms with Gasteiger partial charge < -0.3 is 9.67 Å². The first kappa shape index (κ1) is 15.4. The lowest BCUT2D eigenvalue weighted by atomic mass is 10.1. The Hall–Kier alpha value is -2.47. The molecule has 3 aromatic rings. The van der Waals surface area contributed by atoms with Gasteiger partial charge in [-0.05, 0) is 32.9 Å². The van der Waals surface area contributed by atoms with Crippen molar-refractivity contribution in [1.29, 1.82) is 0 Å². The Morgan fingerprint density at radius 3 is 2.65 bits per heavy atom. The molecule has 0 radical (unpaired) electrons. The molecule has 23 heavy (non-hydrogen) atoms. The van der Waals surface area contributed by atoms with Crippen LogP contribution < -0.4 is 5.43 Å². The molecule has 0 spiro atoms. The third-order valence-electron chi connectivity index (χ3n) is 3.93. The first-order chi connectivity index (χ1) is 10.9. The molecule has 3 rings (SSSR count). The summed E-state index contributed by atoms with van der Waals surface area (Å²) in [4.78, 5) is 29.3. The molecule has 0 amide bonds. The second kappa shape index (κ2) is 5.62. The minimum atomic E-state index is -1.20. The first-order valence-corrected chi connectivity index (χ1v) is 8.09. The first-order valence-electron chi connectivity index (χ1n) is 7.27. The number of fused-ring (bicyclic) bond motifs is 1. The van der Waals surface area contributed by atoms with Crippen LogP contribution in [-0.4, -0.2) is 20.6 Å². The molecule has 0 saturated heterocycles. The van der Waals surface area contributed by atoms with Gasteiger partial charge in [-0.2, -0.15) is 0 Å². The smallest absolute Gasteiger partial charge is 0.341 e. The SMILES string of the molecule is CCn1cc(C(=O)O)c(=O)c2ccc(-c3nc(C)c(C)s3)cc21. The number of nitrogens with zero attached hydrogens (tertiary/aromatic N) is 2. The molecule has 0 fully saturated rings. The van der Waals surface area contributed by atoms with Gasteiger partial charge in [0.1, 0.15) is 10.6 Å². The van der Waals surface area contributed by atoms with Gasteiger partial charge in [-0.25, -0.2) is 9.78 Å². The van der Waals surface area contributed by atoms with Crippen LogP contribution in [0.5, 0.6) is 0 Å². The zero-order chi connectivity index (χ0) is 16.7. The average Bonchev–Trinajstić information content (AvgIpc) is 2.86. The van der Waals surface area contributed by atoms with Crippen molar-refractivity contribution in [2.75, 3.05) is 0 Å². The van der Waals surface area contributed by atoms with Gasteiger partial charge in [-0.3, -0.25) is 4.79 Å². The molecular weight excluding hydrogens is 312 g/mol. The molecule has 0 atom stereocenters. The van der Waals surface area contributed by atoms with Crippen LogP contribution in [0.1, 0.15) is 27.9 Å². The number of aromatic nitrogens is 2. The average molecular weight is 328 g/mol. The van der Waals surface area contributed by atoms with Crippen molar-refractivity contribution in [2.24, 2.45) is 0 Å². The van der Waals surface area contributed by atoms with Crippen LogP contribution in [0.3, 0.4) is 0 Å². The fourth-order valence-electron chi connectivity index (χ4n) is 2.53. The zero-order valence-corrected chi connectivity index (χ0v) is 13.9. The quantitative estimate of drug-likeness (QED) is 0.799. The molecule has 6 heteroatoms. The monoisotopic (exact) mass is 328 g/mol. The summed E-state index contributed by atoms with van der Waals surface area (Å²) in [5.74, 6) is -1.20. The van der Waals surface area contributed by atoms with Crippen LogP contribution in [0.4, 0.5) is 0 Å². The van der Waals surface area contributed by atoms with Crippen LogP contribution in [-0.2, 0) is 6.54 Å². The van der Waals surface area contributed by atoms with Crippen LogP contribution in [0.2, 0.25) is 0 Å². The van der Waals surface area contributed by atoms with Crippen LogP contribution >= 0.6 is 11.3 Å². The summed E-state index contributed by atoms with van der Waals surface area (Å²) >= 11 is 1.61. The van der Waals surface area contributed by atoms with Gasteiger partial charge in [0.25, 0.3) is 0 Å². The largest absolute Gasteiger partial charge is 0.477 e. The molecule has 0 aliphatic heterocycles. The number of carboxylic acid groups (broad SMARTS) is 1. The maximum Gasteiger partial charge on any atom is 0.341 e. The molecule has 118 valence electrons. The summed E-state index contributed by atoms with van der Waals surface area (Å²) in [6.45, 7) is 6.49. The normalized spacial score (nSPS) is 11.1. The molecule has 0 aliphatic carbocycles. The Labute approximate surface area is 136 Å². The molecule has 1 aromatic carbocycles. The number of hydrogen-bond acceptors (Lipinski definition) is 4. The lowest BCUT2D eigenvalue weighted by Crippen LogP contribution is -2.18. The Kier molecular flexibility index (Phi) is 3.77. The molecule has 0 saturated carbocycles. The van der Waals surface area contributed by atoms with E-state index in [0.717, 1.165) is 26.7 Å². The van der Waals surface area contributed by atoms with E-state index in [4.69, 9.17) is 0 Å². The van der Waals surface area contributed by atoms with Gasteiger partial charge in [0.2, 0.25) is 5.43 Å². The standard InChI is InChI=1S/C17H16N2O3S/c1-4-19-8-13(17(21)22)15(20)12-6-5-11(7-14(12)19)16-18-9(2)10(3)23-16/h5-8H,4H2,1-3H3,(H,21,22). The predicted molar refractivity (Wildman–Crippen MR) is 91.4 cm³/mol. The maximum absolute atomic E-state index is 12.3. The summed E-state index contributed by atoms with van der Waals surface area (Å²) < 4.78 is 1.79. The highest BCUT2D eigenvalue weighted by Crippen LogP contribution is 2.29. The van der Waals surface area contributed by atoms with E-state index in [1.165, 1.54) is 6.20 Å². The van der Waals surface area contributed by atoms with Gasteiger partial charge >= 0.3 is 5.97 Å². The van der Waals surface area contributed by atoms with Crippen molar-refractivity contribution in [3.63, 3.8) is 0 Å². The van der Waals surface area contributed by atoms with Gasteiger partial charge in [-0.15, -0.1) is 11.3 Å². The van der Waals surface area contributed by atoms with Gasteiger partial charge in [0, 0.05) is 28.6 Å². The van der Waals surface area contributed by atoms with Crippen molar-refractivity contribution in [3.05, 3.63) is 50.8 Å². The van der Waals surface area contributed by atoms with Crippen LogP contribution in [0.25, 0.3) is 21.5 Å². The topological polar surface area (TPSA) is 72.2 Å². The molecule has 1 N–H and O–H groups in total. The van der Waals surface area contributed by atoms with E-state index in [1.54, 1.807) is 22.0 Å². The van der Waals surface area contributed by atoms with Crippen molar-refractivity contribution >= 4 is 28.2 Å². The van der Waals surface area contributed by atoms with Gasteiger partial charge in [0.15, 0.2) is 0 Å². The van der Waals surface area contributed by atoms with Gasteiger partial charge in [-0.1, -0.05) is 6.07 Å². The third-order valence-corrected chi connectivity index (χ3v) is 5.05. The maximum atomic E-state index is 12.3. The van der Waals surface area contributed by atoms with Crippen LogP contribution in [0.15, 0.2) is 29.2 Å². The molecule has 2 heterocycles. The number of hydrogen-bond donors (Lipinski definition) is 1. The molecular formula is C17H16N2O3S. The molecule has 0 unspecified atom stereocenters. The van der Waals surface area contributed by atoms with E-state index in [0.29, 0.717) is 11.9 Å². The molecule has 0 bridgehead atoms. The minimum absolute atomic E-state index is 0.201. The third kappa shape index (κ3) is 2.55. The minimum Gasteiger partial charge on any atom is -0.477 e. The summed E-state index contributed by atoms with van der Waals surface area (Å²) in [5, 5.41) is 10.5. The number of thiazole rings is 1. The van der Waals surface area contributed by atoms with Crippen molar-refractivity contribution in [3.8, 4) is 10.6 Å². The lowest BCUT2D eigenvalue weighted by molar-refractivity contribution is 0.0695. The van der Waals surface area contributed by atoms with E-state index < -0.39 is 11.4 Å². The van der Waals surface area contributed by atoms with E-state index >= 15 is 0 Å².